The lowest BCUT2D eigenvalue weighted by atomic mass is 9.93. The maximum atomic E-state index is 6.91. The third kappa shape index (κ3) is 6.73. The molecular formula is C27H56O4Si2. The summed E-state index contributed by atoms with van der Waals surface area (Å²) in [5.41, 5.74) is 1.84. The van der Waals surface area contributed by atoms with Crippen LogP contribution in [0.5, 0.6) is 0 Å². The first-order valence-corrected chi connectivity index (χ1v) is 18.7. The van der Waals surface area contributed by atoms with Crippen molar-refractivity contribution >= 4 is 16.6 Å². The minimum atomic E-state index is -1.85. The van der Waals surface area contributed by atoms with Crippen LogP contribution in [0, 0.1) is 5.92 Å². The van der Waals surface area contributed by atoms with E-state index in [-0.39, 0.29) is 17.2 Å². The summed E-state index contributed by atoms with van der Waals surface area (Å²) in [5.74, 6) is -0.0159. The average molecular weight is 501 g/mol. The van der Waals surface area contributed by atoms with Crippen molar-refractivity contribution < 1.29 is 18.3 Å². The van der Waals surface area contributed by atoms with Gasteiger partial charge in [-0.2, -0.15) is 0 Å². The standard InChI is InChI=1S/C27H56O4Si2/c1-20(2)33(21(3)4,22(5)6)29-18-23(7)25-14-13-16-27(31-25)17-15-24(30-27)19-28-32(11,12)26(8,9)10/h20-25H,13-19H2,1-12H3/t23-,24-,25?,27-/m0/s1. The van der Waals surface area contributed by atoms with Crippen molar-refractivity contribution in [3.05, 3.63) is 0 Å². The Kier molecular flexibility index (Phi) is 9.94. The van der Waals surface area contributed by atoms with Gasteiger partial charge in [-0.05, 0) is 54.0 Å². The zero-order chi connectivity index (χ0) is 25.2. The van der Waals surface area contributed by atoms with Crippen molar-refractivity contribution in [3.63, 3.8) is 0 Å². The number of hydrogen-bond acceptors (Lipinski definition) is 4. The molecule has 0 saturated carbocycles. The Hall–Kier alpha value is 0.274. The topological polar surface area (TPSA) is 36.9 Å². The van der Waals surface area contributed by atoms with Crippen LogP contribution in [0.2, 0.25) is 34.8 Å². The van der Waals surface area contributed by atoms with Gasteiger partial charge in [-0.15, -0.1) is 0 Å². The third-order valence-electron chi connectivity index (χ3n) is 9.02. The fourth-order valence-electron chi connectivity index (χ4n) is 5.96. The monoisotopic (exact) mass is 500 g/mol. The Balaban J connectivity index is 1.96. The van der Waals surface area contributed by atoms with Crippen molar-refractivity contribution in [2.45, 2.75) is 154 Å². The zero-order valence-electron chi connectivity index (χ0n) is 24.0. The SMILES string of the molecule is CC(C)[Si](OC[C@H](C)C1CCC[C@@]2(CC[C@@H](CO[Si](C)(C)C(C)(C)C)O2)O1)(C(C)C)C(C)C. The largest absolute Gasteiger partial charge is 0.416 e. The molecule has 0 amide bonds. The molecule has 1 spiro atoms. The van der Waals surface area contributed by atoms with Crippen LogP contribution in [0.25, 0.3) is 0 Å². The summed E-state index contributed by atoms with van der Waals surface area (Å²) in [7, 11) is -3.60. The van der Waals surface area contributed by atoms with E-state index in [2.05, 4.69) is 82.3 Å². The molecule has 2 fully saturated rings. The maximum Gasteiger partial charge on any atom is 0.200 e. The molecule has 2 aliphatic heterocycles. The molecule has 0 N–H and O–H groups in total. The van der Waals surface area contributed by atoms with E-state index < -0.39 is 22.4 Å². The van der Waals surface area contributed by atoms with Crippen LogP contribution in [-0.4, -0.2) is 47.8 Å². The lowest BCUT2D eigenvalue weighted by Crippen LogP contribution is -2.50. The molecule has 2 heterocycles. The van der Waals surface area contributed by atoms with Gasteiger partial charge in [0.1, 0.15) is 0 Å². The highest BCUT2D eigenvalue weighted by Gasteiger charge is 2.48. The molecule has 1 unspecified atom stereocenters. The van der Waals surface area contributed by atoms with Crippen molar-refractivity contribution in [2.24, 2.45) is 5.92 Å². The van der Waals surface area contributed by atoms with E-state index in [1.165, 1.54) is 6.42 Å². The molecule has 0 aromatic rings. The number of hydrogen-bond donors (Lipinski definition) is 0. The Bertz CT molecular complexity index is 592. The molecule has 2 aliphatic rings. The van der Waals surface area contributed by atoms with Crippen molar-refractivity contribution in [1.29, 1.82) is 0 Å². The summed E-state index contributed by atoms with van der Waals surface area (Å²) >= 11 is 0. The van der Waals surface area contributed by atoms with Crippen LogP contribution < -0.4 is 0 Å². The van der Waals surface area contributed by atoms with Crippen LogP contribution in [0.3, 0.4) is 0 Å². The molecule has 2 rings (SSSR count). The molecule has 0 radical (unpaired) electrons. The normalized spacial score (nSPS) is 28.5. The highest BCUT2D eigenvalue weighted by molar-refractivity contribution is 6.77. The maximum absolute atomic E-state index is 6.91. The summed E-state index contributed by atoms with van der Waals surface area (Å²) in [4.78, 5) is 0. The van der Waals surface area contributed by atoms with E-state index in [1.54, 1.807) is 0 Å². The molecule has 0 aromatic heterocycles. The zero-order valence-corrected chi connectivity index (χ0v) is 26.0. The first-order valence-electron chi connectivity index (χ1n) is 13.7. The van der Waals surface area contributed by atoms with Crippen LogP contribution in [0.1, 0.15) is 101 Å². The van der Waals surface area contributed by atoms with Crippen LogP contribution in [0.15, 0.2) is 0 Å². The summed E-state index contributed by atoms with van der Waals surface area (Å²) in [5, 5.41) is 0.228. The van der Waals surface area contributed by atoms with Gasteiger partial charge < -0.3 is 18.3 Å². The first kappa shape index (κ1) is 29.5. The third-order valence-corrected chi connectivity index (χ3v) is 19.6. The molecule has 6 heteroatoms. The van der Waals surface area contributed by atoms with Gasteiger partial charge in [0.05, 0.1) is 18.8 Å². The van der Waals surface area contributed by atoms with Crippen molar-refractivity contribution in [2.75, 3.05) is 13.2 Å². The lowest BCUT2D eigenvalue weighted by molar-refractivity contribution is -0.280. The van der Waals surface area contributed by atoms with Crippen LogP contribution in [0.4, 0.5) is 0 Å². The molecule has 33 heavy (non-hydrogen) atoms. The Labute approximate surface area is 208 Å². The highest BCUT2D eigenvalue weighted by atomic mass is 28.4. The smallest absolute Gasteiger partial charge is 0.200 e. The van der Waals surface area contributed by atoms with Gasteiger partial charge in [0.2, 0.25) is 0 Å². The molecule has 4 atom stereocenters. The van der Waals surface area contributed by atoms with Gasteiger partial charge in [0, 0.05) is 25.4 Å². The molecule has 2 saturated heterocycles. The van der Waals surface area contributed by atoms with Crippen molar-refractivity contribution in [3.8, 4) is 0 Å². The van der Waals surface area contributed by atoms with E-state index in [0.717, 1.165) is 32.3 Å². The molecule has 4 nitrogen and oxygen atoms in total. The molecule has 0 aromatic carbocycles. The summed E-state index contributed by atoms with van der Waals surface area (Å²) < 4.78 is 26.7. The first-order chi connectivity index (χ1) is 15.1. The van der Waals surface area contributed by atoms with Crippen LogP contribution in [-0.2, 0) is 18.3 Å². The highest BCUT2D eigenvalue weighted by Crippen LogP contribution is 2.45. The van der Waals surface area contributed by atoms with Crippen molar-refractivity contribution in [1.82, 2.24) is 0 Å². The molecule has 0 aliphatic carbocycles. The van der Waals surface area contributed by atoms with Gasteiger partial charge in [-0.3, -0.25) is 0 Å². The summed E-state index contributed by atoms with van der Waals surface area (Å²) in [6, 6.07) is 0. The predicted molar refractivity (Wildman–Crippen MR) is 145 cm³/mol. The quantitative estimate of drug-likeness (QED) is 0.283. The van der Waals surface area contributed by atoms with Gasteiger partial charge in [0.15, 0.2) is 22.4 Å². The Morgan fingerprint density at radius 2 is 1.42 bits per heavy atom. The van der Waals surface area contributed by atoms with E-state index in [1.807, 2.05) is 0 Å². The summed E-state index contributed by atoms with van der Waals surface area (Å²) in [6.07, 6.45) is 5.70. The summed E-state index contributed by atoms with van der Waals surface area (Å²) in [6.45, 7) is 29.5. The minimum absolute atomic E-state index is 0.160. The molecule has 0 bridgehead atoms. The minimum Gasteiger partial charge on any atom is -0.416 e. The van der Waals surface area contributed by atoms with Gasteiger partial charge in [-0.25, -0.2) is 0 Å². The van der Waals surface area contributed by atoms with Crippen LogP contribution >= 0.6 is 0 Å². The second kappa shape index (κ2) is 11.1. The molecular weight excluding hydrogens is 444 g/mol. The average Bonchev–Trinajstić information content (AvgIpc) is 3.07. The second-order valence-corrected chi connectivity index (χ2v) is 23.7. The Morgan fingerprint density at radius 3 is 1.94 bits per heavy atom. The second-order valence-electron chi connectivity index (χ2n) is 13.4. The fourth-order valence-corrected chi connectivity index (χ4v) is 12.5. The lowest BCUT2D eigenvalue weighted by Gasteiger charge is -2.45. The van der Waals surface area contributed by atoms with Gasteiger partial charge in [-0.1, -0.05) is 69.2 Å². The van der Waals surface area contributed by atoms with Gasteiger partial charge in [0.25, 0.3) is 0 Å². The van der Waals surface area contributed by atoms with E-state index in [4.69, 9.17) is 18.3 Å². The van der Waals surface area contributed by atoms with E-state index in [9.17, 15) is 0 Å². The number of rotatable bonds is 10. The van der Waals surface area contributed by atoms with Gasteiger partial charge >= 0.3 is 0 Å². The van der Waals surface area contributed by atoms with E-state index >= 15 is 0 Å². The Morgan fingerprint density at radius 1 is 0.848 bits per heavy atom. The van der Waals surface area contributed by atoms with E-state index in [0.29, 0.717) is 29.1 Å². The predicted octanol–water partition coefficient (Wildman–Crippen LogP) is 8.28. The fraction of sp³-hybridized carbons (Fsp3) is 1.00. The number of ether oxygens (including phenoxy) is 2. The molecule has 196 valence electrons.